The second-order valence-corrected chi connectivity index (χ2v) is 6.91. The molecule has 0 bridgehead atoms. The van der Waals surface area contributed by atoms with Crippen LogP contribution in [0.1, 0.15) is 33.6 Å². The van der Waals surface area contributed by atoms with E-state index in [4.69, 9.17) is 4.74 Å². The molecule has 23 heavy (non-hydrogen) atoms. The van der Waals surface area contributed by atoms with E-state index in [1.807, 2.05) is 35.0 Å². The fourth-order valence-electron chi connectivity index (χ4n) is 2.87. The molecule has 2 rings (SSSR count). The molecule has 0 aliphatic carbocycles. The first kappa shape index (κ1) is 17.2. The van der Waals surface area contributed by atoms with Crippen LogP contribution < -0.4 is 10.2 Å². The fourth-order valence-corrected chi connectivity index (χ4v) is 2.87. The molecule has 1 aliphatic heterocycles. The molecule has 2 N–H and O–H groups in total. The molecule has 0 aromatic carbocycles. The number of aryl methyl sites for hydroxylation is 1. The standard InChI is InChI=1S/C16H25N3O4/c1-16(2,3)23-15(22)17-9-11-5-6-13(14(20)21)19(11)12-7-8-18(4)10-12/h7-8,10-11,13H,5-6,9H2,1-4H3,(H,17,22)(H,20,21). The number of anilines is 1. The number of nitrogens with zero attached hydrogens (tertiary/aromatic N) is 2. The van der Waals surface area contributed by atoms with Crippen molar-refractivity contribution >= 4 is 17.7 Å². The van der Waals surface area contributed by atoms with Gasteiger partial charge in [0.2, 0.25) is 0 Å². The molecule has 0 saturated carbocycles. The molecule has 1 fully saturated rings. The lowest BCUT2D eigenvalue weighted by Gasteiger charge is -2.30. The largest absolute Gasteiger partial charge is 0.480 e. The highest BCUT2D eigenvalue weighted by molar-refractivity contribution is 5.79. The Bertz CT molecular complexity index is 576. The molecule has 7 heteroatoms. The summed E-state index contributed by atoms with van der Waals surface area (Å²) in [7, 11) is 1.89. The number of carboxylic acid groups (broad SMARTS) is 1. The third kappa shape index (κ3) is 4.40. The Morgan fingerprint density at radius 3 is 2.61 bits per heavy atom. The minimum atomic E-state index is -0.839. The molecule has 2 atom stereocenters. The summed E-state index contributed by atoms with van der Waals surface area (Å²) in [4.78, 5) is 25.2. The van der Waals surface area contributed by atoms with E-state index in [9.17, 15) is 14.7 Å². The average Bonchev–Trinajstić information content (AvgIpc) is 2.99. The van der Waals surface area contributed by atoms with Crippen LogP contribution >= 0.6 is 0 Å². The molecule has 128 valence electrons. The Hall–Kier alpha value is -2.18. The quantitative estimate of drug-likeness (QED) is 0.885. The van der Waals surface area contributed by atoms with E-state index in [1.165, 1.54) is 0 Å². The van der Waals surface area contributed by atoms with Crippen molar-refractivity contribution in [3.8, 4) is 0 Å². The van der Waals surface area contributed by atoms with Gasteiger partial charge in [0.05, 0.1) is 5.69 Å². The van der Waals surface area contributed by atoms with Crippen molar-refractivity contribution in [2.45, 2.75) is 51.3 Å². The van der Waals surface area contributed by atoms with Crippen molar-refractivity contribution in [3.63, 3.8) is 0 Å². The van der Waals surface area contributed by atoms with Gasteiger partial charge in [-0.3, -0.25) is 0 Å². The first-order chi connectivity index (χ1) is 10.7. The maximum Gasteiger partial charge on any atom is 0.407 e. The van der Waals surface area contributed by atoms with Gasteiger partial charge < -0.3 is 24.6 Å². The van der Waals surface area contributed by atoms with Gasteiger partial charge in [-0.1, -0.05) is 0 Å². The summed E-state index contributed by atoms with van der Waals surface area (Å²) >= 11 is 0. The summed E-state index contributed by atoms with van der Waals surface area (Å²) in [6.45, 7) is 5.77. The van der Waals surface area contributed by atoms with Crippen LogP contribution in [0.25, 0.3) is 0 Å². The number of carbonyl (C=O) groups excluding carboxylic acids is 1. The summed E-state index contributed by atoms with van der Waals surface area (Å²) in [5.41, 5.74) is 0.302. The van der Waals surface area contributed by atoms with Crippen LogP contribution in [0.4, 0.5) is 10.5 Å². The summed E-state index contributed by atoms with van der Waals surface area (Å²) in [6, 6.07) is 1.26. The average molecular weight is 323 g/mol. The Morgan fingerprint density at radius 1 is 1.39 bits per heavy atom. The minimum absolute atomic E-state index is 0.0639. The van der Waals surface area contributed by atoms with Crippen molar-refractivity contribution in [3.05, 3.63) is 18.5 Å². The van der Waals surface area contributed by atoms with E-state index in [1.54, 1.807) is 20.8 Å². The third-order valence-corrected chi connectivity index (χ3v) is 3.78. The number of aromatic nitrogens is 1. The number of alkyl carbamates (subject to hydrolysis) is 1. The summed E-state index contributed by atoms with van der Waals surface area (Å²) in [6.07, 6.45) is 4.56. The Balaban J connectivity index is 2.05. The topological polar surface area (TPSA) is 83.8 Å². The number of hydrogen-bond donors (Lipinski definition) is 2. The van der Waals surface area contributed by atoms with E-state index in [0.29, 0.717) is 19.4 Å². The second-order valence-electron chi connectivity index (χ2n) is 6.91. The number of carbonyl (C=O) groups is 2. The van der Waals surface area contributed by atoms with Crippen LogP contribution in [0.15, 0.2) is 18.5 Å². The number of rotatable bonds is 4. The van der Waals surface area contributed by atoms with Crippen LogP contribution in [0.2, 0.25) is 0 Å². The molecule has 1 saturated heterocycles. The minimum Gasteiger partial charge on any atom is -0.480 e. The molecule has 2 unspecified atom stereocenters. The normalized spacial score (nSPS) is 21.3. The molecule has 0 spiro atoms. The lowest BCUT2D eigenvalue weighted by Crippen LogP contribution is -2.46. The van der Waals surface area contributed by atoms with Crippen molar-refractivity contribution in [2.24, 2.45) is 7.05 Å². The van der Waals surface area contributed by atoms with Gasteiger partial charge in [-0.2, -0.15) is 0 Å². The molecular weight excluding hydrogens is 298 g/mol. The zero-order valence-corrected chi connectivity index (χ0v) is 14.1. The number of ether oxygens (including phenoxy) is 1. The van der Waals surface area contributed by atoms with E-state index in [0.717, 1.165) is 5.69 Å². The zero-order valence-electron chi connectivity index (χ0n) is 14.1. The second kappa shape index (κ2) is 6.52. The number of amides is 1. The van der Waals surface area contributed by atoms with Gasteiger partial charge in [-0.15, -0.1) is 0 Å². The van der Waals surface area contributed by atoms with Gasteiger partial charge in [-0.25, -0.2) is 9.59 Å². The molecule has 0 radical (unpaired) electrons. The Labute approximate surface area is 136 Å². The molecule has 1 aliphatic rings. The van der Waals surface area contributed by atoms with E-state index < -0.39 is 23.7 Å². The van der Waals surface area contributed by atoms with Gasteiger partial charge >= 0.3 is 12.1 Å². The maximum atomic E-state index is 11.8. The summed E-state index contributed by atoms with van der Waals surface area (Å²) < 4.78 is 7.11. The highest BCUT2D eigenvalue weighted by atomic mass is 16.6. The van der Waals surface area contributed by atoms with Crippen LogP contribution in [0.3, 0.4) is 0 Å². The number of carboxylic acids is 1. The lowest BCUT2D eigenvalue weighted by atomic mass is 10.2. The van der Waals surface area contributed by atoms with Crippen LogP contribution in [-0.4, -0.2) is 46.0 Å². The first-order valence-corrected chi connectivity index (χ1v) is 7.77. The van der Waals surface area contributed by atoms with Crippen molar-refractivity contribution in [2.75, 3.05) is 11.4 Å². The predicted octanol–water partition coefficient (Wildman–Crippen LogP) is 1.97. The van der Waals surface area contributed by atoms with E-state index in [-0.39, 0.29) is 6.04 Å². The van der Waals surface area contributed by atoms with Gasteiger partial charge in [0.1, 0.15) is 11.6 Å². The van der Waals surface area contributed by atoms with Gasteiger partial charge in [0.15, 0.2) is 0 Å². The number of aliphatic carboxylic acids is 1. The number of nitrogens with one attached hydrogen (secondary N) is 1. The first-order valence-electron chi connectivity index (χ1n) is 7.77. The zero-order chi connectivity index (χ0) is 17.2. The van der Waals surface area contributed by atoms with Crippen molar-refractivity contribution in [1.29, 1.82) is 0 Å². The van der Waals surface area contributed by atoms with E-state index >= 15 is 0 Å². The summed E-state index contributed by atoms with van der Waals surface area (Å²) in [5, 5.41) is 12.2. The van der Waals surface area contributed by atoms with Crippen LogP contribution in [0.5, 0.6) is 0 Å². The fraction of sp³-hybridized carbons (Fsp3) is 0.625. The Morgan fingerprint density at radius 2 is 2.09 bits per heavy atom. The van der Waals surface area contributed by atoms with Gasteiger partial charge in [0.25, 0.3) is 0 Å². The Kier molecular flexibility index (Phi) is 4.87. The molecule has 1 aromatic heterocycles. The highest BCUT2D eigenvalue weighted by Gasteiger charge is 2.38. The SMILES string of the molecule is Cn1ccc(N2C(CNC(=O)OC(C)(C)C)CCC2C(=O)O)c1. The monoisotopic (exact) mass is 323 g/mol. The van der Waals surface area contributed by atoms with Crippen molar-refractivity contribution < 1.29 is 19.4 Å². The van der Waals surface area contributed by atoms with Gasteiger partial charge in [0, 0.05) is 32.0 Å². The third-order valence-electron chi connectivity index (χ3n) is 3.78. The summed E-state index contributed by atoms with van der Waals surface area (Å²) in [5.74, 6) is -0.839. The smallest absolute Gasteiger partial charge is 0.407 e. The van der Waals surface area contributed by atoms with Crippen molar-refractivity contribution in [1.82, 2.24) is 9.88 Å². The molecule has 1 aromatic rings. The van der Waals surface area contributed by atoms with E-state index in [2.05, 4.69) is 5.32 Å². The molecule has 7 nitrogen and oxygen atoms in total. The molecule has 1 amide bonds. The van der Waals surface area contributed by atoms with Crippen LogP contribution in [-0.2, 0) is 16.6 Å². The molecule has 2 heterocycles. The van der Waals surface area contributed by atoms with Gasteiger partial charge in [-0.05, 0) is 39.7 Å². The highest BCUT2D eigenvalue weighted by Crippen LogP contribution is 2.30. The maximum absolute atomic E-state index is 11.8. The lowest BCUT2D eigenvalue weighted by molar-refractivity contribution is -0.138. The predicted molar refractivity (Wildman–Crippen MR) is 86.6 cm³/mol. The molecular formula is C16H25N3O4. The van der Waals surface area contributed by atoms with Crippen LogP contribution in [0, 0.1) is 0 Å². The number of hydrogen-bond acceptors (Lipinski definition) is 4.